The first-order valence-corrected chi connectivity index (χ1v) is 8.42. The van der Waals surface area contributed by atoms with Gasteiger partial charge in [0.05, 0.1) is 12.6 Å². The molecule has 1 saturated heterocycles. The van der Waals surface area contributed by atoms with Gasteiger partial charge in [0.25, 0.3) is 0 Å². The first kappa shape index (κ1) is 18.0. The summed E-state index contributed by atoms with van der Waals surface area (Å²) in [5.41, 5.74) is -0.301. The van der Waals surface area contributed by atoms with Crippen LogP contribution in [-0.4, -0.2) is 43.7 Å². The van der Waals surface area contributed by atoms with Crippen LogP contribution in [0.2, 0.25) is 0 Å². The largest absolute Gasteiger partial charge is 0.465 e. The van der Waals surface area contributed by atoms with Gasteiger partial charge in [-0.3, -0.25) is 4.79 Å². The van der Waals surface area contributed by atoms with E-state index in [1.807, 2.05) is 44.7 Å². The molecule has 130 valence electrons. The summed E-state index contributed by atoms with van der Waals surface area (Å²) in [6.45, 7) is 10.1. The third-order valence-corrected chi connectivity index (χ3v) is 4.30. The normalized spacial score (nSPS) is 18.2. The summed E-state index contributed by atoms with van der Waals surface area (Å²) in [6, 6.07) is 4.42. The molecule has 0 bridgehead atoms. The number of carbonyl (C=O) groups is 1. The second kappa shape index (κ2) is 7.49. The highest BCUT2D eigenvalue weighted by Gasteiger charge is 2.31. The number of rotatable bonds is 5. The van der Waals surface area contributed by atoms with Crippen molar-refractivity contribution in [2.24, 2.45) is 5.41 Å². The number of furan rings is 1. The van der Waals surface area contributed by atoms with Crippen LogP contribution in [0, 0.1) is 12.3 Å². The van der Waals surface area contributed by atoms with Gasteiger partial charge in [-0.25, -0.2) is 0 Å². The van der Waals surface area contributed by atoms with Crippen LogP contribution < -0.4 is 5.32 Å². The molecule has 1 fully saturated rings. The average Bonchev–Trinajstić information content (AvgIpc) is 2.92. The Morgan fingerprint density at radius 1 is 1.39 bits per heavy atom. The standard InChI is InChI=1S/C18H30N2O3/c1-13-6-7-16(23-13)15(12-22-5)19-14-8-10-20(11-9-14)17(21)18(2,3)4/h6-7,14-15,19H,8-12H2,1-5H3/t15-/m0/s1. The number of carbonyl (C=O) groups excluding carboxylic acids is 1. The van der Waals surface area contributed by atoms with Crippen molar-refractivity contribution >= 4 is 5.91 Å². The highest BCUT2D eigenvalue weighted by molar-refractivity contribution is 5.81. The van der Waals surface area contributed by atoms with Crippen molar-refractivity contribution in [3.63, 3.8) is 0 Å². The van der Waals surface area contributed by atoms with Crippen LogP contribution >= 0.6 is 0 Å². The van der Waals surface area contributed by atoms with E-state index in [2.05, 4.69) is 5.32 Å². The Labute approximate surface area is 139 Å². The molecule has 1 atom stereocenters. The Balaban J connectivity index is 1.90. The first-order chi connectivity index (χ1) is 10.8. The molecular formula is C18H30N2O3. The summed E-state index contributed by atoms with van der Waals surface area (Å²) in [5.74, 6) is 2.07. The molecule has 5 nitrogen and oxygen atoms in total. The molecule has 1 aromatic heterocycles. The molecule has 1 aromatic rings. The van der Waals surface area contributed by atoms with Gasteiger partial charge in [0.1, 0.15) is 11.5 Å². The molecule has 0 radical (unpaired) electrons. The Kier molecular flexibility index (Phi) is 5.87. The maximum atomic E-state index is 12.3. The predicted octanol–water partition coefficient (Wildman–Crippen LogP) is 2.90. The van der Waals surface area contributed by atoms with Crippen LogP contribution in [0.15, 0.2) is 16.5 Å². The number of nitrogens with zero attached hydrogens (tertiary/aromatic N) is 1. The molecule has 0 aliphatic carbocycles. The van der Waals surface area contributed by atoms with Gasteiger partial charge in [0.2, 0.25) is 5.91 Å². The Morgan fingerprint density at radius 3 is 2.52 bits per heavy atom. The van der Waals surface area contributed by atoms with Gasteiger partial charge < -0.3 is 19.4 Å². The van der Waals surface area contributed by atoms with Crippen LogP contribution in [0.25, 0.3) is 0 Å². The fourth-order valence-electron chi connectivity index (χ4n) is 3.03. The molecule has 23 heavy (non-hydrogen) atoms. The molecule has 0 unspecified atom stereocenters. The van der Waals surface area contributed by atoms with Gasteiger partial charge in [-0.2, -0.15) is 0 Å². The zero-order valence-corrected chi connectivity index (χ0v) is 15.0. The van der Waals surface area contributed by atoms with Gasteiger partial charge >= 0.3 is 0 Å². The average molecular weight is 322 g/mol. The van der Waals surface area contributed by atoms with E-state index in [0.29, 0.717) is 12.6 Å². The lowest BCUT2D eigenvalue weighted by molar-refractivity contribution is -0.140. The van der Waals surface area contributed by atoms with Crippen molar-refractivity contribution in [2.75, 3.05) is 26.8 Å². The Bertz CT molecular complexity index is 511. The number of nitrogens with one attached hydrogen (secondary N) is 1. The summed E-state index contributed by atoms with van der Waals surface area (Å²) >= 11 is 0. The minimum atomic E-state index is -0.301. The summed E-state index contributed by atoms with van der Waals surface area (Å²) < 4.78 is 11.1. The molecule has 0 spiro atoms. The number of hydrogen-bond acceptors (Lipinski definition) is 4. The number of aryl methyl sites for hydroxylation is 1. The van der Waals surface area contributed by atoms with E-state index in [1.165, 1.54) is 0 Å². The summed E-state index contributed by atoms with van der Waals surface area (Å²) in [7, 11) is 1.70. The van der Waals surface area contributed by atoms with Gasteiger partial charge in [-0.15, -0.1) is 0 Å². The van der Waals surface area contributed by atoms with Crippen LogP contribution in [0.3, 0.4) is 0 Å². The topological polar surface area (TPSA) is 54.7 Å². The van der Waals surface area contributed by atoms with E-state index in [9.17, 15) is 4.79 Å². The van der Waals surface area contributed by atoms with Gasteiger partial charge in [0, 0.05) is 31.7 Å². The predicted molar refractivity (Wildman–Crippen MR) is 90.3 cm³/mol. The molecule has 0 aromatic carbocycles. The van der Waals surface area contributed by atoms with E-state index in [-0.39, 0.29) is 17.4 Å². The maximum Gasteiger partial charge on any atom is 0.227 e. The number of ether oxygens (including phenoxy) is 1. The van der Waals surface area contributed by atoms with E-state index >= 15 is 0 Å². The monoisotopic (exact) mass is 322 g/mol. The number of amides is 1. The minimum absolute atomic E-state index is 0.0589. The fourth-order valence-corrected chi connectivity index (χ4v) is 3.03. The van der Waals surface area contributed by atoms with Crippen molar-refractivity contribution in [3.8, 4) is 0 Å². The molecule has 1 aliphatic heterocycles. The number of piperidine rings is 1. The van der Waals surface area contributed by atoms with Crippen molar-refractivity contribution < 1.29 is 13.9 Å². The smallest absolute Gasteiger partial charge is 0.227 e. The van der Waals surface area contributed by atoms with Crippen molar-refractivity contribution in [3.05, 3.63) is 23.7 Å². The molecule has 0 saturated carbocycles. The van der Waals surface area contributed by atoms with Crippen molar-refractivity contribution in [1.29, 1.82) is 0 Å². The number of likely N-dealkylation sites (tertiary alicyclic amines) is 1. The molecule has 2 rings (SSSR count). The highest BCUT2D eigenvalue weighted by atomic mass is 16.5. The maximum absolute atomic E-state index is 12.3. The van der Waals surface area contributed by atoms with Crippen LogP contribution in [0.1, 0.15) is 51.2 Å². The SMILES string of the molecule is COC[C@H](NC1CCN(C(=O)C(C)(C)C)CC1)c1ccc(C)o1. The van der Waals surface area contributed by atoms with Crippen molar-refractivity contribution in [2.45, 2.75) is 52.6 Å². The van der Waals surface area contributed by atoms with Crippen LogP contribution in [0.5, 0.6) is 0 Å². The second-order valence-corrected chi connectivity index (χ2v) is 7.44. The van der Waals surface area contributed by atoms with E-state index in [4.69, 9.17) is 9.15 Å². The van der Waals surface area contributed by atoms with Gasteiger partial charge in [-0.1, -0.05) is 20.8 Å². The van der Waals surface area contributed by atoms with Crippen molar-refractivity contribution in [1.82, 2.24) is 10.2 Å². The zero-order valence-electron chi connectivity index (χ0n) is 15.0. The van der Waals surface area contributed by atoms with E-state index in [0.717, 1.165) is 37.5 Å². The van der Waals surface area contributed by atoms with E-state index < -0.39 is 0 Å². The summed E-state index contributed by atoms with van der Waals surface area (Å²) in [4.78, 5) is 14.3. The highest BCUT2D eigenvalue weighted by Crippen LogP contribution is 2.23. The fraction of sp³-hybridized carbons (Fsp3) is 0.722. The third-order valence-electron chi connectivity index (χ3n) is 4.30. The van der Waals surface area contributed by atoms with E-state index in [1.54, 1.807) is 7.11 Å². The Hall–Kier alpha value is -1.33. The van der Waals surface area contributed by atoms with Crippen LogP contribution in [-0.2, 0) is 9.53 Å². The Morgan fingerprint density at radius 2 is 2.04 bits per heavy atom. The molecular weight excluding hydrogens is 292 g/mol. The van der Waals surface area contributed by atoms with Gasteiger partial charge in [0.15, 0.2) is 0 Å². The molecule has 1 amide bonds. The summed E-state index contributed by atoms with van der Waals surface area (Å²) in [5, 5.41) is 3.63. The first-order valence-electron chi connectivity index (χ1n) is 8.42. The molecule has 2 heterocycles. The lowest BCUT2D eigenvalue weighted by Crippen LogP contribution is -2.49. The summed E-state index contributed by atoms with van der Waals surface area (Å²) in [6.07, 6.45) is 1.92. The quantitative estimate of drug-likeness (QED) is 0.905. The zero-order chi connectivity index (χ0) is 17.0. The second-order valence-electron chi connectivity index (χ2n) is 7.44. The molecule has 1 aliphatic rings. The number of methoxy groups -OCH3 is 1. The number of hydrogen-bond donors (Lipinski definition) is 1. The third kappa shape index (κ3) is 4.82. The minimum Gasteiger partial charge on any atom is -0.465 e. The molecule has 5 heteroatoms. The van der Waals surface area contributed by atoms with Gasteiger partial charge in [-0.05, 0) is 31.9 Å². The lowest BCUT2D eigenvalue weighted by Gasteiger charge is -2.37. The lowest BCUT2D eigenvalue weighted by atomic mass is 9.93. The molecule has 1 N–H and O–H groups in total. The van der Waals surface area contributed by atoms with Crippen LogP contribution in [0.4, 0.5) is 0 Å².